The SMILES string of the molecule is CCCOC(=O)c1cccc(F)c1Cl. The predicted molar refractivity (Wildman–Crippen MR) is 52.0 cm³/mol. The zero-order chi connectivity index (χ0) is 10.6. The molecule has 0 bridgehead atoms. The first-order valence-corrected chi connectivity index (χ1v) is 4.65. The largest absolute Gasteiger partial charge is 0.462 e. The minimum absolute atomic E-state index is 0.0696. The van der Waals surface area contributed by atoms with Crippen molar-refractivity contribution in [2.24, 2.45) is 0 Å². The van der Waals surface area contributed by atoms with Crippen molar-refractivity contribution in [3.8, 4) is 0 Å². The normalized spacial score (nSPS) is 9.93. The third kappa shape index (κ3) is 2.45. The molecule has 0 aliphatic heterocycles. The number of rotatable bonds is 3. The van der Waals surface area contributed by atoms with Crippen molar-refractivity contribution in [1.29, 1.82) is 0 Å². The van der Waals surface area contributed by atoms with Crippen LogP contribution in [0.2, 0.25) is 5.02 Å². The number of esters is 1. The monoisotopic (exact) mass is 216 g/mol. The Morgan fingerprint density at radius 2 is 2.29 bits per heavy atom. The minimum atomic E-state index is -0.613. The maximum atomic E-state index is 12.9. The van der Waals surface area contributed by atoms with E-state index in [1.165, 1.54) is 18.2 Å². The van der Waals surface area contributed by atoms with Gasteiger partial charge in [-0.25, -0.2) is 9.18 Å². The molecule has 0 aliphatic rings. The van der Waals surface area contributed by atoms with Crippen molar-refractivity contribution in [2.45, 2.75) is 13.3 Å². The summed E-state index contributed by atoms with van der Waals surface area (Å²) in [5.74, 6) is -1.20. The van der Waals surface area contributed by atoms with Crippen molar-refractivity contribution in [2.75, 3.05) is 6.61 Å². The highest BCUT2D eigenvalue weighted by molar-refractivity contribution is 6.33. The molecular weight excluding hydrogens is 207 g/mol. The standard InChI is InChI=1S/C10H10ClFO2/c1-2-6-14-10(13)7-4-3-5-8(12)9(7)11/h3-5H,2,6H2,1H3. The van der Waals surface area contributed by atoms with Gasteiger partial charge in [0.2, 0.25) is 0 Å². The predicted octanol–water partition coefficient (Wildman–Crippen LogP) is 3.05. The van der Waals surface area contributed by atoms with Gasteiger partial charge >= 0.3 is 5.97 Å². The molecule has 0 radical (unpaired) electrons. The average molecular weight is 217 g/mol. The molecule has 0 heterocycles. The summed E-state index contributed by atoms with van der Waals surface area (Å²) in [6, 6.07) is 4.05. The number of hydrogen-bond donors (Lipinski definition) is 0. The molecule has 2 nitrogen and oxygen atoms in total. The Labute approximate surface area is 86.6 Å². The first-order valence-electron chi connectivity index (χ1n) is 4.28. The van der Waals surface area contributed by atoms with Crippen LogP contribution in [0.3, 0.4) is 0 Å². The van der Waals surface area contributed by atoms with E-state index in [0.29, 0.717) is 6.61 Å². The summed E-state index contributed by atoms with van der Waals surface area (Å²) in [5, 5.41) is -0.186. The van der Waals surface area contributed by atoms with Gasteiger partial charge in [0.15, 0.2) is 0 Å². The molecule has 1 aromatic carbocycles. The molecule has 0 aromatic heterocycles. The Balaban J connectivity index is 2.84. The Hall–Kier alpha value is -1.09. The molecule has 0 spiro atoms. The van der Waals surface area contributed by atoms with Crippen LogP contribution in [0.1, 0.15) is 23.7 Å². The fourth-order valence-corrected chi connectivity index (χ4v) is 1.14. The second-order valence-electron chi connectivity index (χ2n) is 2.74. The van der Waals surface area contributed by atoms with Crippen molar-refractivity contribution in [1.82, 2.24) is 0 Å². The van der Waals surface area contributed by atoms with Crippen LogP contribution in [0.25, 0.3) is 0 Å². The molecule has 0 aliphatic carbocycles. The van der Waals surface area contributed by atoms with Gasteiger partial charge in [-0.15, -0.1) is 0 Å². The van der Waals surface area contributed by atoms with Crippen LogP contribution in [0.4, 0.5) is 4.39 Å². The number of halogens is 2. The molecule has 0 saturated heterocycles. The molecule has 1 rings (SSSR count). The summed E-state index contributed by atoms with van der Waals surface area (Å²) in [6.07, 6.45) is 0.721. The lowest BCUT2D eigenvalue weighted by atomic mass is 10.2. The summed E-state index contributed by atoms with van der Waals surface area (Å²) in [5.41, 5.74) is 0.0696. The van der Waals surface area contributed by atoms with E-state index < -0.39 is 11.8 Å². The molecule has 4 heteroatoms. The fourth-order valence-electron chi connectivity index (χ4n) is 0.934. The molecule has 0 atom stereocenters. The summed E-state index contributed by atoms with van der Waals surface area (Å²) in [6.45, 7) is 2.19. The molecule has 0 unspecified atom stereocenters. The highest BCUT2D eigenvalue weighted by Gasteiger charge is 2.13. The van der Waals surface area contributed by atoms with E-state index in [1.807, 2.05) is 6.92 Å². The van der Waals surface area contributed by atoms with Gasteiger partial charge in [-0.2, -0.15) is 0 Å². The molecule has 0 fully saturated rings. The van der Waals surface area contributed by atoms with Gasteiger partial charge in [0.05, 0.1) is 17.2 Å². The lowest BCUT2D eigenvalue weighted by Crippen LogP contribution is -2.07. The number of ether oxygens (including phenoxy) is 1. The first-order chi connectivity index (χ1) is 6.66. The van der Waals surface area contributed by atoms with Gasteiger partial charge in [0.1, 0.15) is 5.82 Å². The summed E-state index contributed by atoms with van der Waals surface area (Å²) >= 11 is 5.59. The fraction of sp³-hybridized carbons (Fsp3) is 0.300. The van der Waals surface area contributed by atoms with Gasteiger partial charge in [-0.3, -0.25) is 0 Å². The molecule has 76 valence electrons. The Morgan fingerprint density at radius 3 is 2.93 bits per heavy atom. The first kappa shape index (κ1) is 11.0. The zero-order valence-corrected chi connectivity index (χ0v) is 8.47. The Bertz CT molecular complexity index is 339. The lowest BCUT2D eigenvalue weighted by molar-refractivity contribution is 0.0505. The molecule has 0 saturated carbocycles. The number of benzene rings is 1. The highest BCUT2D eigenvalue weighted by Crippen LogP contribution is 2.20. The molecule has 14 heavy (non-hydrogen) atoms. The molecular formula is C10H10ClFO2. The van der Waals surface area contributed by atoms with Crippen LogP contribution < -0.4 is 0 Å². The summed E-state index contributed by atoms with van der Waals surface area (Å²) in [7, 11) is 0. The van der Waals surface area contributed by atoms with E-state index in [-0.39, 0.29) is 10.6 Å². The van der Waals surface area contributed by atoms with Gasteiger partial charge in [-0.1, -0.05) is 24.6 Å². The topological polar surface area (TPSA) is 26.3 Å². The molecule has 0 amide bonds. The average Bonchev–Trinajstić information content (AvgIpc) is 2.18. The lowest BCUT2D eigenvalue weighted by Gasteiger charge is -2.04. The third-order valence-corrected chi connectivity index (χ3v) is 1.99. The second kappa shape index (κ2) is 4.96. The van der Waals surface area contributed by atoms with Crippen LogP contribution in [-0.2, 0) is 4.74 Å². The van der Waals surface area contributed by atoms with Crippen molar-refractivity contribution < 1.29 is 13.9 Å². The maximum Gasteiger partial charge on any atom is 0.339 e. The van der Waals surface area contributed by atoms with Crippen molar-refractivity contribution in [3.63, 3.8) is 0 Å². The van der Waals surface area contributed by atoms with Crippen LogP contribution >= 0.6 is 11.6 Å². The second-order valence-corrected chi connectivity index (χ2v) is 3.12. The van der Waals surface area contributed by atoms with Crippen LogP contribution in [-0.4, -0.2) is 12.6 Å². The summed E-state index contributed by atoms with van der Waals surface area (Å²) < 4.78 is 17.7. The Kier molecular flexibility index (Phi) is 3.89. The van der Waals surface area contributed by atoms with E-state index in [1.54, 1.807) is 0 Å². The van der Waals surface area contributed by atoms with Crippen molar-refractivity contribution in [3.05, 3.63) is 34.6 Å². The van der Waals surface area contributed by atoms with Gasteiger partial charge in [-0.05, 0) is 18.6 Å². The van der Waals surface area contributed by atoms with Crippen LogP contribution in [0.15, 0.2) is 18.2 Å². The maximum absolute atomic E-state index is 12.9. The van der Waals surface area contributed by atoms with Crippen molar-refractivity contribution >= 4 is 17.6 Å². The number of carbonyl (C=O) groups is 1. The van der Waals surface area contributed by atoms with E-state index in [9.17, 15) is 9.18 Å². The zero-order valence-electron chi connectivity index (χ0n) is 7.72. The summed E-state index contributed by atoms with van der Waals surface area (Å²) in [4.78, 5) is 11.3. The van der Waals surface area contributed by atoms with E-state index in [4.69, 9.17) is 16.3 Å². The van der Waals surface area contributed by atoms with E-state index >= 15 is 0 Å². The van der Waals surface area contributed by atoms with Gasteiger partial charge in [0, 0.05) is 0 Å². The van der Waals surface area contributed by atoms with Crippen LogP contribution in [0, 0.1) is 5.82 Å². The number of carbonyl (C=O) groups excluding carboxylic acids is 1. The highest BCUT2D eigenvalue weighted by atomic mass is 35.5. The van der Waals surface area contributed by atoms with Crippen LogP contribution in [0.5, 0.6) is 0 Å². The van der Waals surface area contributed by atoms with E-state index in [0.717, 1.165) is 6.42 Å². The molecule has 0 N–H and O–H groups in total. The third-order valence-electron chi connectivity index (χ3n) is 1.61. The van der Waals surface area contributed by atoms with Gasteiger partial charge < -0.3 is 4.74 Å². The quantitative estimate of drug-likeness (QED) is 0.726. The smallest absolute Gasteiger partial charge is 0.339 e. The molecule has 1 aromatic rings. The minimum Gasteiger partial charge on any atom is -0.462 e. The Morgan fingerprint density at radius 1 is 1.57 bits per heavy atom. The van der Waals surface area contributed by atoms with E-state index in [2.05, 4.69) is 0 Å². The number of hydrogen-bond acceptors (Lipinski definition) is 2. The van der Waals surface area contributed by atoms with Gasteiger partial charge in [0.25, 0.3) is 0 Å².